The SMILES string of the molecule is CC1(C)C2=C3C=C4C5=[N+](CCC4OC3CCN2c2ccc(CO)cc21)c1ccc(CO)cc1C5(C)C. The van der Waals surface area contributed by atoms with Crippen LogP contribution in [-0.4, -0.2) is 45.8 Å². The number of hydrogen-bond acceptors (Lipinski definition) is 4. The lowest BCUT2D eigenvalue weighted by Gasteiger charge is -2.42. The Hall–Kier alpha value is -2.73. The summed E-state index contributed by atoms with van der Waals surface area (Å²) in [6, 6.07) is 12.8. The number of fused-ring (bicyclic) bond motifs is 8. The van der Waals surface area contributed by atoms with Crippen molar-refractivity contribution >= 4 is 17.1 Å². The van der Waals surface area contributed by atoms with Crippen LogP contribution in [0, 0.1) is 0 Å². The van der Waals surface area contributed by atoms with E-state index in [4.69, 9.17) is 4.74 Å². The predicted octanol–water partition coefficient (Wildman–Crippen LogP) is 4.60. The molecule has 5 aliphatic heterocycles. The molecule has 186 valence electrons. The zero-order valence-corrected chi connectivity index (χ0v) is 21.6. The summed E-state index contributed by atoms with van der Waals surface area (Å²) in [5.74, 6) is 0. The molecule has 0 saturated heterocycles. The lowest BCUT2D eigenvalue weighted by molar-refractivity contribution is -0.445. The summed E-state index contributed by atoms with van der Waals surface area (Å²) in [7, 11) is 0. The van der Waals surface area contributed by atoms with Crippen LogP contribution >= 0.6 is 0 Å². The fraction of sp³-hybridized carbons (Fsp3) is 0.452. The van der Waals surface area contributed by atoms with E-state index in [0.717, 1.165) is 37.1 Å². The summed E-state index contributed by atoms with van der Waals surface area (Å²) in [5.41, 5.74) is 12.1. The number of aliphatic hydroxyl groups is 2. The van der Waals surface area contributed by atoms with Crippen molar-refractivity contribution in [2.24, 2.45) is 0 Å². The Balaban J connectivity index is 1.41. The first-order valence-corrected chi connectivity index (χ1v) is 13.3. The van der Waals surface area contributed by atoms with Gasteiger partial charge in [-0.25, -0.2) is 0 Å². The van der Waals surface area contributed by atoms with E-state index in [1.54, 1.807) is 0 Å². The van der Waals surface area contributed by atoms with E-state index in [1.807, 2.05) is 12.1 Å². The van der Waals surface area contributed by atoms with Gasteiger partial charge in [0, 0.05) is 52.5 Å². The van der Waals surface area contributed by atoms with E-state index in [9.17, 15) is 10.2 Å². The molecule has 0 fully saturated rings. The predicted molar refractivity (Wildman–Crippen MR) is 141 cm³/mol. The molecule has 0 bridgehead atoms. The van der Waals surface area contributed by atoms with Gasteiger partial charge in [0.2, 0.25) is 5.69 Å². The Bertz CT molecular complexity index is 1410. The van der Waals surface area contributed by atoms with Gasteiger partial charge < -0.3 is 19.8 Å². The van der Waals surface area contributed by atoms with Crippen molar-refractivity contribution in [1.29, 1.82) is 0 Å². The van der Waals surface area contributed by atoms with Crippen LogP contribution in [0.2, 0.25) is 0 Å². The van der Waals surface area contributed by atoms with E-state index < -0.39 is 0 Å². The van der Waals surface area contributed by atoms with E-state index in [2.05, 4.69) is 67.5 Å². The fourth-order valence-corrected chi connectivity index (χ4v) is 7.58. The Morgan fingerprint density at radius 2 is 1.64 bits per heavy atom. The summed E-state index contributed by atoms with van der Waals surface area (Å²) < 4.78 is 9.40. The fourth-order valence-electron chi connectivity index (χ4n) is 7.58. The lowest BCUT2D eigenvalue weighted by atomic mass is 9.73. The molecule has 2 N–H and O–H groups in total. The Kier molecular flexibility index (Phi) is 4.62. The van der Waals surface area contributed by atoms with Crippen molar-refractivity contribution in [1.82, 2.24) is 0 Å². The number of rotatable bonds is 2. The molecule has 0 saturated carbocycles. The third-order valence-corrected chi connectivity index (χ3v) is 9.25. The molecule has 36 heavy (non-hydrogen) atoms. The average molecular weight is 484 g/mol. The highest BCUT2D eigenvalue weighted by molar-refractivity contribution is 6.08. The van der Waals surface area contributed by atoms with Gasteiger partial charge in [-0.3, -0.25) is 0 Å². The molecule has 5 nitrogen and oxygen atoms in total. The summed E-state index contributed by atoms with van der Waals surface area (Å²) in [5, 5.41) is 19.6. The molecule has 0 spiro atoms. The second-order valence-electron chi connectivity index (χ2n) is 12.0. The molecule has 0 radical (unpaired) electrons. The van der Waals surface area contributed by atoms with Crippen molar-refractivity contribution < 1.29 is 19.5 Å². The first kappa shape index (κ1) is 22.5. The number of aliphatic hydroxyl groups excluding tert-OH is 2. The smallest absolute Gasteiger partial charge is 0.209 e. The number of nitrogens with zero attached hydrogens (tertiary/aromatic N) is 2. The quantitative estimate of drug-likeness (QED) is 0.613. The average Bonchev–Trinajstić information content (AvgIpc) is 3.26. The zero-order valence-electron chi connectivity index (χ0n) is 21.6. The molecule has 5 heterocycles. The van der Waals surface area contributed by atoms with Crippen LogP contribution in [0.15, 0.2) is 59.3 Å². The molecule has 5 heteroatoms. The highest BCUT2D eigenvalue weighted by atomic mass is 16.5. The monoisotopic (exact) mass is 483 g/mol. The van der Waals surface area contributed by atoms with Crippen molar-refractivity contribution in [3.8, 4) is 0 Å². The number of allylic oxidation sites excluding steroid dienone is 1. The number of hydrogen-bond donors (Lipinski definition) is 2. The maximum Gasteiger partial charge on any atom is 0.209 e. The summed E-state index contributed by atoms with van der Waals surface area (Å²) >= 11 is 0. The molecule has 2 aromatic rings. The molecule has 5 aliphatic rings. The molecule has 0 aliphatic carbocycles. The Labute approximate surface area is 213 Å². The van der Waals surface area contributed by atoms with E-state index in [1.165, 1.54) is 45.1 Å². The molecule has 2 aromatic carbocycles. The zero-order chi connectivity index (χ0) is 25.0. The van der Waals surface area contributed by atoms with Crippen LogP contribution in [0.5, 0.6) is 0 Å². The van der Waals surface area contributed by atoms with Gasteiger partial charge in [0.05, 0.1) is 30.8 Å². The minimum Gasteiger partial charge on any atom is -0.392 e. The van der Waals surface area contributed by atoms with Crippen LogP contribution in [0.4, 0.5) is 11.4 Å². The Morgan fingerprint density at radius 3 is 2.39 bits per heavy atom. The first-order valence-electron chi connectivity index (χ1n) is 13.3. The third kappa shape index (κ3) is 2.79. The van der Waals surface area contributed by atoms with Crippen LogP contribution in [-0.2, 0) is 28.8 Å². The van der Waals surface area contributed by atoms with Gasteiger partial charge in [0.15, 0.2) is 12.3 Å². The second-order valence-corrected chi connectivity index (χ2v) is 12.0. The van der Waals surface area contributed by atoms with Gasteiger partial charge in [0.25, 0.3) is 0 Å². The van der Waals surface area contributed by atoms with Gasteiger partial charge in [-0.2, -0.15) is 4.58 Å². The summed E-state index contributed by atoms with van der Waals surface area (Å²) in [4.78, 5) is 2.50. The largest absolute Gasteiger partial charge is 0.392 e. The van der Waals surface area contributed by atoms with Crippen LogP contribution in [0.3, 0.4) is 0 Å². The highest BCUT2D eigenvalue weighted by Crippen LogP contribution is 2.54. The van der Waals surface area contributed by atoms with Crippen molar-refractivity contribution in [3.63, 3.8) is 0 Å². The molecule has 2 atom stereocenters. The van der Waals surface area contributed by atoms with Crippen LogP contribution < -0.4 is 4.90 Å². The number of benzene rings is 2. The molecule has 0 aromatic heterocycles. The Morgan fingerprint density at radius 1 is 0.917 bits per heavy atom. The van der Waals surface area contributed by atoms with E-state index in [0.29, 0.717) is 0 Å². The van der Waals surface area contributed by atoms with Gasteiger partial charge in [-0.15, -0.1) is 0 Å². The maximum absolute atomic E-state index is 9.78. The second kappa shape index (κ2) is 7.41. The normalized spacial score (nSPS) is 26.6. The van der Waals surface area contributed by atoms with Crippen molar-refractivity contribution in [2.75, 3.05) is 18.0 Å². The number of anilines is 1. The standard InChI is InChI=1S/C31H35N2O3/c1-30(2)22-13-18(16-34)5-7-24(22)32-11-9-26-20(28(30)32)15-21-27(36-26)10-12-33-25-8-6-19(17-35)14-23(25)31(3,4)29(21)33/h5-8,13-15,26-27,34-35H,9-12,16-17H2,1-4H3/q+1. The number of ether oxygens (including phenoxy) is 1. The molecule has 2 unspecified atom stereocenters. The highest BCUT2D eigenvalue weighted by Gasteiger charge is 2.54. The minimum absolute atomic E-state index is 0.0640. The van der Waals surface area contributed by atoms with Crippen LogP contribution in [0.1, 0.15) is 62.8 Å². The lowest BCUT2D eigenvalue weighted by Crippen LogP contribution is -2.47. The van der Waals surface area contributed by atoms with E-state index in [-0.39, 0.29) is 36.3 Å². The van der Waals surface area contributed by atoms with Crippen molar-refractivity contribution in [3.05, 3.63) is 81.6 Å². The molecule has 0 amide bonds. The summed E-state index contributed by atoms with van der Waals surface area (Å²) in [6.07, 6.45) is 4.69. The van der Waals surface area contributed by atoms with E-state index >= 15 is 0 Å². The van der Waals surface area contributed by atoms with Gasteiger partial charge in [-0.05, 0) is 55.2 Å². The van der Waals surface area contributed by atoms with Gasteiger partial charge in [0.1, 0.15) is 0 Å². The topological polar surface area (TPSA) is 55.9 Å². The summed E-state index contributed by atoms with van der Waals surface area (Å²) in [6.45, 7) is 11.3. The molecular formula is C31H35N2O3+. The molecular weight excluding hydrogens is 448 g/mol. The first-order chi connectivity index (χ1) is 17.3. The maximum atomic E-state index is 9.78. The molecule has 7 rings (SSSR count). The van der Waals surface area contributed by atoms with Gasteiger partial charge >= 0.3 is 0 Å². The van der Waals surface area contributed by atoms with Gasteiger partial charge in [-0.1, -0.05) is 32.0 Å². The van der Waals surface area contributed by atoms with Crippen LogP contribution in [0.25, 0.3) is 0 Å². The minimum atomic E-state index is -0.162. The van der Waals surface area contributed by atoms with Crippen molar-refractivity contribution in [2.45, 2.75) is 76.8 Å². The third-order valence-electron chi connectivity index (χ3n) is 9.25.